The van der Waals surface area contributed by atoms with Crippen molar-refractivity contribution < 1.29 is 4.74 Å². The Morgan fingerprint density at radius 1 is 1.22 bits per heavy atom. The molecule has 0 amide bonds. The molecular weight excluding hydrogens is 226 g/mol. The van der Waals surface area contributed by atoms with E-state index in [2.05, 4.69) is 36.1 Å². The van der Waals surface area contributed by atoms with Gasteiger partial charge in [-0.15, -0.1) is 0 Å². The normalized spacial score (nSPS) is 12.4. The Bertz CT molecular complexity index is 349. The van der Waals surface area contributed by atoms with Crippen molar-refractivity contribution in [3.8, 4) is 0 Å². The van der Waals surface area contributed by atoms with Gasteiger partial charge >= 0.3 is 0 Å². The second-order valence-electron chi connectivity index (χ2n) is 4.22. The van der Waals surface area contributed by atoms with Crippen LogP contribution in [0.15, 0.2) is 6.07 Å². The fourth-order valence-corrected chi connectivity index (χ4v) is 1.87. The van der Waals surface area contributed by atoms with Crippen LogP contribution in [0, 0.1) is 0 Å². The highest BCUT2D eigenvalue weighted by Gasteiger charge is 2.15. The SMILES string of the molecule is CCCC(OCC)c1nc(CC)cc(NCC)n1. The number of aromatic nitrogens is 2. The molecule has 0 bridgehead atoms. The van der Waals surface area contributed by atoms with Gasteiger partial charge in [0, 0.05) is 24.9 Å². The number of ether oxygens (including phenoxy) is 1. The van der Waals surface area contributed by atoms with E-state index in [1.807, 2.05) is 13.0 Å². The van der Waals surface area contributed by atoms with Gasteiger partial charge in [-0.1, -0.05) is 20.3 Å². The third-order valence-electron chi connectivity index (χ3n) is 2.72. The number of hydrogen-bond acceptors (Lipinski definition) is 4. The molecule has 1 unspecified atom stereocenters. The summed E-state index contributed by atoms with van der Waals surface area (Å²) in [6.07, 6.45) is 2.97. The number of hydrogen-bond donors (Lipinski definition) is 1. The van der Waals surface area contributed by atoms with E-state index in [9.17, 15) is 0 Å². The molecule has 1 aromatic heterocycles. The summed E-state index contributed by atoms with van der Waals surface area (Å²) in [5, 5.41) is 3.26. The van der Waals surface area contributed by atoms with Gasteiger partial charge in [0.25, 0.3) is 0 Å². The van der Waals surface area contributed by atoms with Crippen LogP contribution in [0.25, 0.3) is 0 Å². The van der Waals surface area contributed by atoms with Crippen LogP contribution in [0.5, 0.6) is 0 Å². The third kappa shape index (κ3) is 4.26. The van der Waals surface area contributed by atoms with Gasteiger partial charge in [-0.2, -0.15) is 0 Å². The molecule has 4 nitrogen and oxygen atoms in total. The van der Waals surface area contributed by atoms with Crippen molar-refractivity contribution in [3.63, 3.8) is 0 Å². The Morgan fingerprint density at radius 3 is 2.56 bits per heavy atom. The zero-order valence-corrected chi connectivity index (χ0v) is 12.0. The van der Waals surface area contributed by atoms with E-state index in [1.165, 1.54) is 0 Å². The summed E-state index contributed by atoms with van der Waals surface area (Å²) in [6, 6.07) is 2.02. The third-order valence-corrected chi connectivity index (χ3v) is 2.72. The Labute approximate surface area is 110 Å². The lowest BCUT2D eigenvalue weighted by atomic mass is 10.2. The van der Waals surface area contributed by atoms with E-state index in [1.54, 1.807) is 0 Å². The lowest BCUT2D eigenvalue weighted by molar-refractivity contribution is 0.0493. The molecule has 1 atom stereocenters. The molecule has 0 fully saturated rings. The van der Waals surface area contributed by atoms with Crippen LogP contribution in [0.3, 0.4) is 0 Å². The minimum absolute atomic E-state index is 0.0175. The molecule has 1 heterocycles. The number of aryl methyl sites for hydroxylation is 1. The molecule has 0 aliphatic heterocycles. The predicted molar refractivity (Wildman–Crippen MR) is 74.8 cm³/mol. The highest BCUT2D eigenvalue weighted by molar-refractivity contribution is 5.36. The van der Waals surface area contributed by atoms with Crippen molar-refractivity contribution >= 4 is 5.82 Å². The minimum atomic E-state index is 0.0175. The van der Waals surface area contributed by atoms with Crippen molar-refractivity contribution in [2.24, 2.45) is 0 Å². The topological polar surface area (TPSA) is 47.0 Å². The average molecular weight is 251 g/mol. The van der Waals surface area contributed by atoms with Gasteiger partial charge in [0.2, 0.25) is 0 Å². The van der Waals surface area contributed by atoms with Crippen LogP contribution < -0.4 is 5.32 Å². The van der Waals surface area contributed by atoms with Crippen molar-refractivity contribution in [2.45, 2.75) is 53.1 Å². The monoisotopic (exact) mass is 251 g/mol. The Kier molecular flexibility index (Phi) is 6.65. The van der Waals surface area contributed by atoms with Gasteiger partial charge in [-0.25, -0.2) is 9.97 Å². The second kappa shape index (κ2) is 8.03. The van der Waals surface area contributed by atoms with Gasteiger partial charge < -0.3 is 10.1 Å². The summed E-state index contributed by atoms with van der Waals surface area (Å²) in [5.41, 5.74) is 1.07. The second-order valence-corrected chi connectivity index (χ2v) is 4.22. The zero-order valence-electron chi connectivity index (χ0n) is 12.0. The van der Waals surface area contributed by atoms with Gasteiger partial charge in [-0.3, -0.25) is 0 Å². The van der Waals surface area contributed by atoms with Crippen molar-refractivity contribution in [1.82, 2.24) is 9.97 Å². The van der Waals surface area contributed by atoms with Crippen molar-refractivity contribution in [3.05, 3.63) is 17.6 Å². The van der Waals surface area contributed by atoms with Crippen LogP contribution in [0.2, 0.25) is 0 Å². The van der Waals surface area contributed by atoms with E-state index in [4.69, 9.17) is 4.74 Å². The van der Waals surface area contributed by atoms with E-state index in [0.29, 0.717) is 6.61 Å². The van der Waals surface area contributed by atoms with Crippen molar-refractivity contribution in [1.29, 1.82) is 0 Å². The smallest absolute Gasteiger partial charge is 0.159 e. The largest absolute Gasteiger partial charge is 0.371 e. The molecule has 18 heavy (non-hydrogen) atoms. The quantitative estimate of drug-likeness (QED) is 0.769. The maximum absolute atomic E-state index is 5.75. The highest BCUT2D eigenvalue weighted by atomic mass is 16.5. The maximum atomic E-state index is 5.75. The number of nitrogens with zero attached hydrogens (tertiary/aromatic N) is 2. The van der Waals surface area contributed by atoms with Crippen LogP contribution in [0.1, 0.15) is 58.2 Å². The average Bonchev–Trinajstić information content (AvgIpc) is 2.38. The number of rotatable bonds is 8. The molecule has 1 N–H and O–H groups in total. The molecule has 0 spiro atoms. The van der Waals surface area contributed by atoms with Gasteiger partial charge in [0.1, 0.15) is 11.9 Å². The summed E-state index contributed by atoms with van der Waals surface area (Å²) in [6.45, 7) is 9.91. The summed E-state index contributed by atoms with van der Waals surface area (Å²) in [7, 11) is 0. The van der Waals surface area contributed by atoms with Crippen LogP contribution in [0.4, 0.5) is 5.82 Å². The molecule has 4 heteroatoms. The van der Waals surface area contributed by atoms with E-state index in [-0.39, 0.29) is 6.10 Å². The minimum Gasteiger partial charge on any atom is -0.371 e. The van der Waals surface area contributed by atoms with E-state index < -0.39 is 0 Å². The zero-order chi connectivity index (χ0) is 13.4. The summed E-state index contributed by atoms with van der Waals surface area (Å²) >= 11 is 0. The first-order chi connectivity index (χ1) is 8.74. The molecule has 0 saturated heterocycles. The van der Waals surface area contributed by atoms with Gasteiger partial charge in [0.05, 0.1) is 0 Å². The molecule has 102 valence electrons. The summed E-state index contributed by atoms with van der Waals surface area (Å²) in [4.78, 5) is 9.16. The first kappa shape index (κ1) is 14.9. The Balaban J connectivity index is 2.99. The number of nitrogens with one attached hydrogen (secondary N) is 1. The van der Waals surface area contributed by atoms with Gasteiger partial charge in [0.15, 0.2) is 5.82 Å². The molecule has 0 saturated carbocycles. The molecule has 1 aromatic rings. The summed E-state index contributed by atoms with van der Waals surface area (Å²) < 4.78 is 5.75. The molecule has 0 aromatic carbocycles. The number of anilines is 1. The Hall–Kier alpha value is -1.16. The maximum Gasteiger partial charge on any atom is 0.159 e. The molecular formula is C14H25N3O. The van der Waals surface area contributed by atoms with Crippen molar-refractivity contribution in [2.75, 3.05) is 18.5 Å². The first-order valence-electron chi connectivity index (χ1n) is 6.98. The molecule has 0 radical (unpaired) electrons. The van der Waals surface area contributed by atoms with Crippen LogP contribution >= 0.6 is 0 Å². The molecule has 1 rings (SSSR count). The predicted octanol–water partition coefficient (Wildman–Crippen LogP) is 3.35. The fourth-order valence-electron chi connectivity index (χ4n) is 1.87. The highest BCUT2D eigenvalue weighted by Crippen LogP contribution is 2.21. The lowest BCUT2D eigenvalue weighted by Crippen LogP contribution is -2.12. The first-order valence-corrected chi connectivity index (χ1v) is 6.98. The molecule has 0 aliphatic carbocycles. The van der Waals surface area contributed by atoms with Crippen LogP contribution in [-0.4, -0.2) is 23.1 Å². The lowest BCUT2D eigenvalue weighted by Gasteiger charge is -2.16. The molecule has 0 aliphatic rings. The van der Waals surface area contributed by atoms with E-state index >= 15 is 0 Å². The fraction of sp³-hybridized carbons (Fsp3) is 0.714. The van der Waals surface area contributed by atoms with Gasteiger partial charge in [-0.05, 0) is 26.7 Å². The Morgan fingerprint density at radius 2 is 2.00 bits per heavy atom. The van der Waals surface area contributed by atoms with E-state index in [0.717, 1.165) is 43.1 Å². The van der Waals surface area contributed by atoms with Crippen LogP contribution in [-0.2, 0) is 11.2 Å². The standard InChI is InChI=1S/C14H25N3O/c1-5-9-12(18-8-4)14-16-11(6-2)10-13(17-14)15-7-3/h10,12H,5-9H2,1-4H3,(H,15,16,17). The summed E-state index contributed by atoms with van der Waals surface area (Å²) in [5.74, 6) is 1.72.